The van der Waals surface area contributed by atoms with Crippen molar-refractivity contribution < 1.29 is 13.9 Å². The number of carbonyl (C=O) groups excluding carboxylic acids is 1. The molecule has 0 unspecified atom stereocenters. The molecule has 0 radical (unpaired) electrons. The van der Waals surface area contributed by atoms with Crippen LogP contribution in [0.3, 0.4) is 0 Å². The number of nitrogens with zero attached hydrogens (tertiary/aromatic N) is 2. The molecule has 3 rings (SSSR count). The van der Waals surface area contributed by atoms with Gasteiger partial charge in [-0.3, -0.25) is 5.32 Å². The van der Waals surface area contributed by atoms with Crippen molar-refractivity contribution in [1.29, 1.82) is 0 Å². The summed E-state index contributed by atoms with van der Waals surface area (Å²) in [7, 11) is 0. The van der Waals surface area contributed by atoms with Crippen molar-refractivity contribution in [1.82, 2.24) is 9.97 Å². The average molecular weight is 373 g/mol. The molecule has 132 valence electrons. The summed E-state index contributed by atoms with van der Waals surface area (Å²) >= 11 is 5.88. The molecule has 0 aliphatic carbocycles. The minimum Gasteiger partial charge on any atom is -0.470 e. The Morgan fingerprint density at radius 2 is 1.88 bits per heavy atom. The Labute approximate surface area is 154 Å². The molecule has 0 saturated carbocycles. The number of nitrogens with one attached hydrogen (secondary N) is 2. The van der Waals surface area contributed by atoms with Crippen LogP contribution < -0.4 is 15.4 Å². The molecule has 2 aromatic carbocycles. The van der Waals surface area contributed by atoms with E-state index in [9.17, 15) is 9.18 Å². The molecule has 26 heavy (non-hydrogen) atoms. The van der Waals surface area contributed by atoms with E-state index in [0.29, 0.717) is 16.3 Å². The van der Waals surface area contributed by atoms with Crippen molar-refractivity contribution in [3.8, 4) is 5.88 Å². The summed E-state index contributed by atoms with van der Waals surface area (Å²) in [5.41, 5.74) is 1.16. The monoisotopic (exact) mass is 372 g/mol. The first-order valence-electron chi connectivity index (χ1n) is 7.62. The minimum atomic E-state index is -0.525. The molecule has 0 aliphatic rings. The van der Waals surface area contributed by atoms with E-state index in [4.69, 9.17) is 16.3 Å². The highest BCUT2D eigenvalue weighted by Gasteiger charge is 2.11. The number of halogens is 2. The quantitative estimate of drug-likeness (QED) is 0.691. The third-order valence-electron chi connectivity index (χ3n) is 3.24. The highest BCUT2D eigenvalue weighted by molar-refractivity contribution is 6.30. The first-order valence-corrected chi connectivity index (χ1v) is 8.00. The zero-order valence-electron chi connectivity index (χ0n) is 13.4. The fraction of sp³-hybridized carbons (Fsp3) is 0.0556. The van der Waals surface area contributed by atoms with E-state index in [1.54, 1.807) is 36.4 Å². The fourth-order valence-electron chi connectivity index (χ4n) is 2.13. The molecule has 3 aromatic rings. The van der Waals surface area contributed by atoms with Gasteiger partial charge in [0.25, 0.3) is 5.88 Å². The number of ether oxygens (including phenoxy) is 1. The summed E-state index contributed by atoms with van der Waals surface area (Å²) < 4.78 is 18.8. The Bertz CT molecular complexity index is 923. The van der Waals surface area contributed by atoms with Crippen LogP contribution in [0.5, 0.6) is 5.88 Å². The maximum absolute atomic E-state index is 13.2. The first kappa shape index (κ1) is 17.6. The Hall–Kier alpha value is -3.19. The maximum Gasteiger partial charge on any atom is 0.324 e. The number of amides is 2. The number of carbonyl (C=O) groups is 1. The molecule has 0 atom stereocenters. The van der Waals surface area contributed by atoms with Crippen molar-refractivity contribution in [3.63, 3.8) is 0 Å². The van der Waals surface area contributed by atoms with Gasteiger partial charge in [0, 0.05) is 23.1 Å². The van der Waals surface area contributed by atoms with Crippen LogP contribution in [0.4, 0.5) is 20.7 Å². The van der Waals surface area contributed by atoms with Crippen LogP contribution in [0, 0.1) is 5.82 Å². The molecule has 0 bridgehead atoms. The highest BCUT2D eigenvalue weighted by atomic mass is 35.5. The van der Waals surface area contributed by atoms with Crippen molar-refractivity contribution in [3.05, 3.63) is 77.3 Å². The van der Waals surface area contributed by atoms with E-state index in [1.165, 1.54) is 24.5 Å². The van der Waals surface area contributed by atoms with Gasteiger partial charge in [0.1, 0.15) is 12.4 Å². The second-order valence-corrected chi connectivity index (χ2v) is 5.65. The molecule has 1 aromatic heterocycles. The van der Waals surface area contributed by atoms with Crippen LogP contribution >= 0.6 is 11.6 Å². The Balaban J connectivity index is 1.65. The molecule has 0 saturated heterocycles. The van der Waals surface area contributed by atoms with Gasteiger partial charge < -0.3 is 10.1 Å². The van der Waals surface area contributed by atoms with Crippen molar-refractivity contribution in [2.75, 3.05) is 10.6 Å². The predicted octanol–water partition coefficient (Wildman–Crippen LogP) is 4.49. The number of hydrogen-bond acceptors (Lipinski definition) is 4. The molecule has 0 fully saturated rings. The lowest BCUT2D eigenvalue weighted by Crippen LogP contribution is -2.21. The number of anilines is 2. The average Bonchev–Trinajstić information content (AvgIpc) is 2.61. The number of hydrogen-bond donors (Lipinski definition) is 2. The largest absolute Gasteiger partial charge is 0.470 e. The fourth-order valence-corrected chi connectivity index (χ4v) is 2.32. The van der Waals surface area contributed by atoms with Crippen LogP contribution in [0.2, 0.25) is 5.02 Å². The summed E-state index contributed by atoms with van der Waals surface area (Å²) in [6, 6.07) is 12.2. The van der Waals surface area contributed by atoms with Gasteiger partial charge in [-0.05, 0) is 35.9 Å². The van der Waals surface area contributed by atoms with Crippen molar-refractivity contribution in [2.45, 2.75) is 6.61 Å². The number of benzene rings is 2. The second-order valence-electron chi connectivity index (χ2n) is 5.22. The van der Waals surface area contributed by atoms with Crippen LogP contribution in [-0.4, -0.2) is 16.0 Å². The Morgan fingerprint density at radius 1 is 1.08 bits per heavy atom. The van der Waals surface area contributed by atoms with Crippen LogP contribution in [0.25, 0.3) is 0 Å². The zero-order chi connectivity index (χ0) is 18.4. The maximum atomic E-state index is 13.2. The molecule has 0 spiro atoms. The first-order chi connectivity index (χ1) is 12.6. The van der Waals surface area contributed by atoms with Gasteiger partial charge in [0.05, 0.1) is 0 Å². The van der Waals surface area contributed by atoms with Crippen molar-refractivity contribution in [2.24, 2.45) is 0 Å². The van der Waals surface area contributed by atoms with Gasteiger partial charge in [-0.2, -0.15) is 0 Å². The molecular weight excluding hydrogens is 359 g/mol. The summed E-state index contributed by atoms with van der Waals surface area (Å²) in [5, 5.41) is 5.69. The highest BCUT2D eigenvalue weighted by Crippen LogP contribution is 2.20. The second kappa shape index (κ2) is 8.26. The third-order valence-corrected chi connectivity index (χ3v) is 3.48. The zero-order valence-corrected chi connectivity index (χ0v) is 14.2. The molecule has 6 nitrogen and oxygen atoms in total. The lowest BCUT2D eigenvalue weighted by atomic mass is 10.2. The molecule has 0 aliphatic heterocycles. The van der Waals surface area contributed by atoms with Crippen molar-refractivity contribution >= 4 is 29.1 Å². The van der Waals surface area contributed by atoms with Crippen LogP contribution in [0.15, 0.2) is 60.9 Å². The van der Waals surface area contributed by atoms with E-state index in [1.807, 2.05) is 0 Å². The normalized spacial score (nSPS) is 10.2. The van der Waals surface area contributed by atoms with E-state index in [0.717, 1.165) is 0 Å². The van der Waals surface area contributed by atoms with E-state index in [2.05, 4.69) is 20.6 Å². The standard InChI is InChI=1S/C18H14ClFN4O2/c19-13-4-2-6-15(10-13)23-18(25)24-16-17(22-8-7-21-16)26-11-12-3-1-5-14(20)9-12/h1-10H,11H2,(H2,21,23,24,25). The summed E-state index contributed by atoms with van der Waals surface area (Å²) in [5.74, 6) is -0.0917. The predicted molar refractivity (Wildman–Crippen MR) is 96.9 cm³/mol. The van der Waals surface area contributed by atoms with Gasteiger partial charge >= 0.3 is 6.03 Å². The molecule has 2 amide bonds. The van der Waals surface area contributed by atoms with E-state index < -0.39 is 6.03 Å². The van der Waals surface area contributed by atoms with E-state index in [-0.39, 0.29) is 24.1 Å². The molecule has 2 N–H and O–H groups in total. The number of aromatic nitrogens is 2. The summed E-state index contributed by atoms with van der Waals surface area (Å²) in [6.45, 7) is 0.0844. The Morgan fingerprint density at radius 3 is 2.69 bits per heavy atom. The smallest absolute Gasteiger partial charge is 0.324 e. The summed E-state index contributed by atoms with van der Waals surface area (Å²) in [4.78, 5) is 20.2. The van der Waals surface area contributed by atoms with Crippen LogP contribution in [0.1, 0.15) is 5.56 Å². The number of rotatable bonds is 5. The van der Waals surface area contributed by atoms with Gasteiger partial charge in [0.2, 0.25) is 0 Å². The Kier molecular flexibility index (Phi) is 5.60. The lowest BCUT2D eigenvalue weighted by Gasteiger charge is -2.11. The van der Waals surface area contributed by atoms with Gasteiger partial charge in [-0.25, -0.2) is 19.2 Å². The van der Waals surface area contributed by atoms with Gasteiger partial charge in [-0.15, -0.1) is 0 Å². The third kappa shape index (κ3) is 4.90. The lowest BCUT2D eigenvalue weighted by molar-refractivity contribution is 0.261. The van der Waals surface area contributed by atoms with E-state index >= 15 is 0 Å². The summed E-state index contributed by atoms with van der Waals surface area (Å²) in [6.07, 6.45) is 2.85. The molecular formula is C18H14ClFN4O2. The topological polar surface area (TPSA) is 76.1 Å². The van der Waals surface area contributed by atoms with Gasteiger partial charge in [0.15, 0.2) is 5.82 Å². The number of urea groups is 1. The van der Waals surface area contributed by atoms with Crippen LogP contribution in [-0.2, 0) is 6.61 Å². The minimum absolute atomic E-state index is 0.0844. The van der Waals surface area contributed by atoms with Gasteiger partial charge in [-0.1, -0.05) is 29.8 Å². The molecule has 1 heterocycles. The molecule has 8 heteroatoms. The SMILES string of the molecule is O=C(Nc1cccc(Cl)c1)Nc1nccnc1OCc1cccc(F)c1.